The lowest BCUT2D eigenvalue weighted by molar-refractivity contribution is -0.111. The molecule has 168 valence electrons. The maximum Gasteiger partial charge on any atom is 0.250 e. The summed E-state index contributed by atoms with van der Waals surface area (Å²) in [5.41, 5.74) is 1.64. The normalized spacial score (nSPS) is 20.2. The number of benzene rings is 1. The van der Waals surface area contributed by atoms with Gasteiger partial charge in [0, 0.05) is 37.6 Å². The van der Waals surface area contributed by atoms with Crippen molar-refractivity contribution in [2.75, 3.05) is 25.0 Å². The van der Waals surface area contributed by atoms with E-state index < -0.39 is 10.0 Å². The number of anilines is 1. The van der Waals surface area contributed by atoms with Crippen molar-refractivity contribution in [3.8, 4) is 0 Å². The van der Waals surface area contributed by atoms with Gasteiger partial charge < -0.3 is 4.74 Å². The van der Waals surface area contributed by atoms with E-state index in [-0.39, 0.29) is 23.0 Å². The number of ether oxygens (including phenoxy) is 1. The van der Waals surface area contributed by atoms with Crippen LogP contribution in [0.15, 0.2) is 40.6 Å². The fourth-order valence-corrected chi connectivity index (χ4v) is 5.18. The molecule has 1 saturated heterocycles. The Morgan fingerprint density at radius 1 is 1.26 bits per heavy atom. The first-order valence-electron chi connectivity index (χ1n) is 10.2. The molecule has 0 aliphatic carbocycles. The van der Waals surface area contributed by atoms with Gasteiger partial charge in [-0.25, -0.2) is 18.1 Å². The summed E-state index contributed by atoms with van der Waals surface area (Å²) in [7, 11) is -3.48. The van der Waals surface area contributed by atoms with E-state index in [1.807, 2.05) is 5.38 Å². The molecule has 1 amide bonds. The monoisotopic (exact) mass is 464 g/mol. The lowest BCUT2D eigenvalue weighted by Gasteiger charge is -2.34. The van der Waals surface area contributed by atoms with Crippen molar-refractivity contribution in [3.63, 3.8) is 0 Å². The minimum Gasteiger partial charge on any atom is -0.373 e. The van der Waals surface area contributed by atoms with Crippen molar-refractivity contribution in [1.29, 1.82) is 0 Å². The highest BCUT2D eigenvalue weighted by Crippen LogP contribution is 2.19. The second kappa shape index (κ2) is 10.5. The highest BCUT2D eigenvalue weighted by atomic mass is 32.2. The Morgan fingerprint density at radius 2 is 1.94 bits per heavy atom. The molecular formula is C21H28N4O4S2. The smallest absolute Gasteiger partial charge is 0.250 e. The van der Waals surface area contributed by atoms with E-state index in [1.54, 1.807) is 25.1 Å². The maximum atomic E-state index is 12.2. The van der Waals surface area contributed by atoms with Crippen molar-refractivity contribution < 1.29 is 17.9 Å². The van der Waals surface area contributed by atoms with Gasteiger partial charge in [0.05, 0.1) is 22.8 Å². The molecule has 1 aromatic heterocycles. The highest BCUT2D eigenvalue weighted by Gasteiger charge is 2.22. The summed E-state index contributed by atoms with van der Waals surface area (Å²) in [4.78, 5) is 19.2. The summed E-state index contributed by atoms with van der Waals surface area (Å²) >= 11 is 1.39. The zero-order valence-electron chi connectivity index (χ0n) is 17.9. The summed E-state index contributed by atoms with van der Waals surface area (Å²) in [5.74, 6) is -0.293. The second-order valence-corrected chi connectivity index (χ2v) is 10.1. The van der Waals surface area contributed by atoms with Crippen LogP contribution in [-0.2, 0) is 26.1 Å². The van der Waals surface area contributed by atoms with Crippen LogP contribution < -0.4 is 10.0 Å². The van der Waals surface area contributed by atoms with E-state index >= 15 is 0 Å². The van der Waals surface area contributed by atoms with Crippen LogP contribution in [0.25, 0.3) is 6.08 Å². The Hall–Kier alpha value is -2.11. The zero-order valence-corrected chi connectivity index (χ0v) is 19.5. The number of rotatable bonds is 8. The van der Waals surface area contributed by atoms with Gasteiger partial charge in [-0.3, -0.25) is 15.0 Å². The third-order valence-electron chi connectivity index (χ3n) is 4.61. The third kappa shape index (κ3) is 6.94. The molecule has 2 atom stereocenters. The van der Waals surface area contributed by atoms with Gasteiger partial charge in [0.15, 0.2) is 5.13 Å². The SMILES string of the molecule is CCNS(=O)(=O)c1ccc(/C=C/C(=O)Nc2nc(CN3CC(C)OC(C)C3)cs2)cc1. The average molecular weight is 465 g/mol. The number of aromatic nitrogens is 1. The van der Waals surface area contributed by atoms with E-state index in [1.165, 1.54) is 29.5 Å². The molecule has 2 N–H and O–H groups in total. The van der Waals surface area contributed by atoms with Gasteiger partial charge >= 0.3 is 0 Å². The number of carbonyl (C=O) groups is 1. The van der Waals surface area contributed by atoms with Crippen molar-refractivity contribution >= 4 is 38.5 Å². The molecular weight excluding hydrogens is 436 g/mol. The minimum atomic E-state index is -3.48. The lowest BCUT2D eigenvalue weighted by atomic mass is 10.2. The Balaban J connectivity index is 1.53. The number of nitrogens with one attached hydrogen (secondary N) is 2. The molecule has 2 heterocycles. The molecule has 1 fully saturated rings. The first kappa shape index (κ1) is 23.6. The molecule has 2 unspecified atom stereocenters. The Morgan fingerprint density at radius 3 is 2.58 bits per heavy atom. The van der Waals surface area contributed by atoms with Crippen molar-refractivity contribution in [1.82, 2.24) is 14.6 Å². The van der Waals surface area contributed by atoms with Gasteiger partial charge in [0.1, 0.15) is 0 Å². The topological polar surface area (TPSA) is 101 Å². The first-order valence-corrected chi connectivity index (χ1v) is 12.5. The first-order chi connectivity index (χ1) is 14.7. The molecule has 0 bridgehead atoms. The van der Waals surface area contributed by atoms with E-state index in [2.05, 4.69) is 33.8 Å². The van der Waals surface area contributed by atoms with E-state index in [0.29, 0.717) is 11.7 Å². The molecule has 0 saturated carbocycles. The molecule has 1 aromatic carbocycles. The molecule has 0 radical (unpaired) electrons. The summed E-state index contributed by atoms with van der Waals surface area (Å²) in [6.45, 7) is 8.63. The Kier molecular flexibility index (Phi) is 7.95. The van der Waals surface area contributed by atoms with Crippen molar-refractivity contribution in [2.24, 2.45) is 0 Å². The van der Waals surface area contributed by atoms with Crippen LogP contribution in [-0.4, -0.2) is 56.1 Å². The van der Waals surface area contributed by atoms with Crippen LogP contribution in [0, 0.1) is 0 Å². The van der Waals surface area contributed by atoms with Crippen LogP contribution in [0.5, 0.6) is 0 Å². The van der Waals surface area contributed by atoms with Gasteiger partial charge in [0.2, 0.25) is 15.9 Å². The van der Waals surface area contributed by atoms with Gasteiger partial charge in [0.25, 0.3) is 0 Å². The van der Waals surface area contributed by atoms with Gasteiger partial charge in [-0.2, -0.15) is 0 Å². The van der Waals surface area contributed by atoms with Gasteiger partial charge in [-0.05, 0) is 37.6 Å². The number of amides is 1. The highest BCUT2D eigenvalue weighted by molar-refractivity contribution is 7.89. The van der Waals surface area contributed by atoms with E-state index in [4.69, 9.17) is 4.74 Å². The molecule has 3 rings (SSSR count). The summed E-state index contributed by atoms with van der Waals surface area (Å²) < 4.78 is 32.1. The van der Waals surface area contributed by atoms with E-state index in [9.17, 15) is 13.2 Å². The molecule has 1 aliphatic rings. The quantitative estimate of drug-likeness (QED) is 0.583. The predicted molar refractivity (Wildman–Crippen MR) is 122 cm³/mol. The number of hydrogen-bond acceptors (Lipinski definition) is 7. The van der Waals surface area contributed by atoms with Gasteiger partial charge in [-0.15, -0.1) is 11.3 Å². The number of nitrogens with zero attached hydrogens (tertiary/aromatic N) is 2. The van der Waals surface area contributed by atoms with Gasteiger partial charge in [-0.1, -0.05) is 19.1 Å². The summed E-state index contributed by atoms with van der Waals surface area (Å²) in [6, 6.07) is 6.33. The number of sulfonamides is 1. The molecule has 8 nitrogen and oxygen atoms in total. The van der Waals surface area contributed by atoms with Crippen LogP contribution in [0.3, 0.4) is 0 Å². The van der Waals surface area contributed by atoms with Crippen molar-refractivity contribution in [2.45, 2.75) is 44.4 Å². The molecule has 2 aromatic rings. The maximum absolute atomic E-state index is 12.2. The number of thiazole rings is 1. The number of morpholine rings is 1. The number of hydrogen-bond donors (Lipinski definition) is 2. The second-order valence-electron chi connectivity index (χ2n) is 7.49. The lowest BCUT2D eigenvalue weighted by Crippen LogP contribution is -2.44. The molecule has 1 aliphatic heterocycles. The van der Waals surface area contributed by atoms with Crippen LogP contribution in [0.1, 0.15) is 32.0 Å². The minimum absolute atomic E-state index is 0.190. The standard InChI is InChI=1S/C21H28N4O4S2/c1-4-22-31(27,28)19-8-5-17(6-9-19)7-10-20(26)24-21-23-18(14-30-21)13-25-11-15(2)29-16(3)12-25/h5-10,14-16,22H,4,11-13H2,1-3H3,(H,23,24,26)/b10-7+. The van der Waals surface area contributed by atoms with Crippen LogP contribution >= 0.6 is 11.3 Å². The summed E-state index contributed by atoms with van der Waals surface area (Å²) in [6.07, 6.45) is 3.43. The fraction of sp³-hybridized carbons (Fsp3) is 0.429. The fourth-order valence-electron chi connectivity index (χ4n) is 3.43. The summed E-state index contributed by atoms with van der Waals surface area (Å²) in [5, 5.41) is 5.27. The average Bonchev–Trinajstić information content (AvgIpc) is 3.12. The van der Waals surface area contributed by atoms with Crippen molar-refractivity contribution in [3.05, 3.63) is 47.0 Å². The molecule has 10 heteroatoms. The zero-order chi connectivity index (χ0) is 22.4. The van der Waals surface area contributed by atoms with Crippen LogP contribution in [0.4, 0.5) is 5.13 Å². The predicted octanol–water partition coefficient (Wildman–Crippen LogP) is 2.70. The molecule has 31 heavy (non-hydrogen) atoms. The Bertz CT molecular complexity index is 1010. The van der Waals surface area contributed by atoms with E-state index in [0.717, 1.165) is 30.9 Å². The number of carbonyl (C=O) groups excluding carboxylic acids is 1. The molecule has 0 spiro atoms. The third-order valence-corrected chi connectivity index (χ3v) is 6.98. The van der Waals surface area contributed by atoms with Crippen LogP contribution in [0.2, 0.25) is 0 Å². The largest absolute Gasteiger partial charge is 0.373 e. The Labute approximate surface area is 187 Å².